The number of aromatic nitrogens is 1. The molecule has 1 N–H and O–H groups in total. The zero-order valence-corrected chi connectivity index (χ0v) is 19.4. The third kappa shape index (κ3) is 4.69. The van der Waals surface area contributed by atoms with Crippen molar-refractivity contribution in [2.45, 2.75) is 25.3 Å². The molecule has 2 amide bonds. The highest BCUT2D eigenvalue weighted by atomic mass is 19.1. The van der Waals surface area contributed by atoms with E-state index >= 15 is 0 Å². The molecular weight excluding hydrogens is 449 g/mol. The maximum Gasteiger partial charge on any atom is 0.274 e. The fourth-order valence-electron chi connectivity index (χ4n) is 5.11. The van der Waals surface area contributed by atoms with E-state index in [0.29, 0.717) is 30.9 Å². The summed E-state index contributed by atoms with van der Waals surface area (Å²) in [7, 11) is 1.58. The van der Waals surface area contributed by atoms with Gasteiger partial charge in [-0.05, 0) is 66.4 Å². The van der Waals surface area contributed by atoms with Crippen LogP contribution in [0.3, 0.4) is 0 Å². The van der Waals surface area contributed by atoms with Gasteiger partial charge in [-0.1, -0.05) is 12.1 Å². The molecule has 0 spiro atoms. The number of nitrogens with one attached hydrogen (secondary N) is 1. The summed E-state index contributed by atoms with van der Waals surface area (Å²) in [6, 6.07) is 16.3. The van der Waals surface area contributed by atoms with E-state index in [2.05, 4.69) is 5.32 Å². The van der Waals surface area contributed by atoms with Gasteiger partial charge in [0.25, 0.3) is 11.5 Å². The number of carbonyl (C=O) groups excluding carboxylic acids is 2. The molecule has 35 heavy (non-hydrogen) atoms. The van der Waals surface area contributed by atoms with Crippen LogP contribution in [-0.4, -0.2) is 41.5 Å². The molecule has 2 unspecified atom stereocenters. The highest BCUT2D eigenvalue weighted by molar-refractivity contribution is 5.94. The van der Waals surface area contributed by atoms with E-state index in [-0.39, 0.29) is 47.1 Å². The summed E-state index contributed by atoms with van der Waals surface area (Å²) in [4.78, 5) is 40.5. The van der Waals surface area contributed by atoms with Crippen LogP contribution in [0, 0.1) is 11.7 Å². The Labute approximate surface area is 202 Å². The van der Waals surface area contributed by atoms with Crippen LogP contribution in [-0.2, 0) is 17.8 Å². The number of carbonyl (C=O) groups is 2. The van der Waals surface area contributed by atoms with Gasteiger partial charge in [0.2, 0.25) is 5.91 Å². The Bertz CT molecular complexity index is 1320. The van der Waals surface area contributed by atoms with E-state index in [9.17, 15) is 18.8 Å². The number of likely N-dealkylation sites (tertiary alicyclic amines) is 1. The second-order valence-corrected chi connectivity index (χ2v) is 9.18. The number of benzene rings is 2. The minimum atomic E-state index is -0.378. The summed E-state index contributed by atoms with van der Waals surface area (Å²) in [5.41, 5.74) is 2.18. The van der Waals surface area contributed by atoms with Gasteiger partial charge in [0.05, 0.1) is 13.5 Å². The van der Waals surface area contributed by atoms with Crippen LogP contribution in [0.15, 0.2) is 65.5 Å². The molecule has 3 aromatic rings. The molecule has 2 bridgehead atoms. The van der Waals surface area contributed by atoms with Crippen LogP contribution in [0.4, 0.5) is 10.1 Å². The Morgan fingerprint density at radius 2 is 1.74 bits per heavy atom. The first-order valence-corrected chi connectivity index (χ1v) is 11.6. The van der Waals surface area contributed by atoms with E-state index in [4.69, 9.17) is 4.74 Å². The van der Waals surface area contributed by atoms with E-state index in [0.717, 1.165) is 17.7 Å². The second kappa shape index (κ2) is 9.37. The van der Waals surface area contributed by atoms with Crippen molar-refractivity contribution in [2.24, 2.45) is 5.92 Å². The summed E-state index contributed by atoms with van der Waals surface area (Å²) < 4.78 is 20.1. The maximum absolute atomic E-state index is 13.2. The predicted octanol–water partition coefficient (Wildman–Crippen LogP) is 3.44. The number of halogens is 1. The van der Waals surface area contributed by atoms with E-state index in [1.165, 1.54) is 24.3 Å². The monoisotopic (exact) mass is 475 g/mol. The first kappa shape index (κ1) is 22.8. The zero-order valence-electron chi connectivity index (χ0n) is 19.4. The van der Waals surface area contributed by atoms with Gasteiger partial charge in [0, 0.05) is 36.8 Å². The SMILES string of the molecule is COc1ccc(CC(=O)Nc2ccc3n(c2=O)CC2CC3CN(C(=O)c3ccc(F)cc3)C2)cc1. The Hall–Kier alpha value is -3.94. The predicted molar refractivity (Wildman–Crippen MR) is 129 cm³/mol. The van der Waals surface area contributed by atoms with Gasteiger partial charge < -0.3 is 19.5 Å². The summed E-state index contributed by atoms with van der Waals surface area (Å²) in [5, 5.41) is 2.76. The minimum Gasteiger partial charge on any atom is -0.497 e. The van der Waals surface area contributed by atoms with Crippen molar-refractivity contribution >= 4 is 17.5 Å². The van der Waals surface area contributed by atoms with Crippen LogP contribution in [0.2, 0.25) is 0 Å². The van der Waals surface area contributed by atoms with E-state index < -0.39 is 0 Å². The standard InChI is InChI=1S/C27H26FN3O4/c1-35-22-8-2-17(3-9-22)13-25(32)29-23-10-11-24-20-12-18(15-31(24)27(23)34)14-30(16-20)26(33)19-4-6-21(28)7-5-19/h2-11,18,20H,12-16H2,1H3,(H,29,32). The molecule has 180 valence electrons. The van der Waals surface area contributed by atoms with Gasteiger partial charge in [-0.25, -0.2) is 4.39 Å². The molecule has 2 aliphatic rings. The molecule has 1 fully saturated rings. The van der Waals surface area contributed by atoms with Crippen LogP contribution in [0.25, 0.3) is 0 Å². The number of hydrogen-bond donors (Lipinski definition) is 1. The summed E-state index contributed by atoms with van der Waals surface area (Å²) in [5.74, 6) is 0.109. The lowest BCUT2D eigenvalue weighted by Crippen LogP contribution is -2.49. The molecule has 5 rings (SSSR count). The topological polar surface area (TPSA) is 80.6 Å². The Balaban J connectivity index is 1.30. The molecule has 1 aromatic heterocycles. The Kier molecular flexibility index (Phi) is 6.11. The fourth-order valence-corrected chi connectivity index (χ4v) is 5.11. The smallest absolute Gasteiger partial charge is 0.274 e. The number of rotatable bonds is 5. The van der Waals surface area contributed by atoms with Crippen LogP contribution >= 0.6 is 0 Å². The lowest BCUT2D eigenvalue weighted by Gasteiger charge is -2.43. The molecule has 1 saturated heterocycles. The van der Waals surface area contributed by atoms with Gasteiger partial charge in [-0.3, -0.25) is 14.4 Å². The van der Waals surface area contributed by atoms with Gasteiger partial charge in [0.1, 0.15) is 17.3 Å². The van der Waals surface area contributed by atoms with Crippen molar-refractivity contribution < 1.29 is 18.7 Å². The molecule has 0 aliphatic carbocycles. The van der Waals surface area contributed by atoms with Crippen molar-refractivity contribution in [3.63, 3.8) is 0 Å². The molecule has 7 nitrogen and oxygen atoms in total. The summed E-state index contributed by atoms with van der Waals surface area (Å²) in [6.07, 6.45) is 1.05. The van der Waals surface area contributed by atoms with Crippen molar-refractivity contribution in [1.82, 2.24) is 9.47 Å². The fraction of sp³-hybridized carbons (Fsp3) is 0.296. The number of piperidine rings is 1. The average Bonchev–Trinajstić information content (AvgIpc) is 2.86. The van der Waals surface area contributed by atoms with Crippen LogP contribution in [0.5, 0.6) is 5.75 Å². The molecule has 0 saturated carbocycles. The third-order valence-corrected chi connectivity index (χ3v) is 6.78. The highest BCUT2D eigenvalue weighted by Crippen LogP contribution is 2.36. The van der Waals surface area contributed by atoms with Gasteiger partial charge in [-0.2, -0.15) is 0 Å². The van der Waals surface area contributed by atoms with Gasteiger partial charge >= 0.3 is 0 Å². The molecule has 2 atom stereocenters. The normalized spacial score (nSPS) is 18.5. The Morgan fingerprint density at radius 3 is 2.46 bits per heavy atom. The molecule has 8 heteroatoms. The van der Waals surface area contributed by atoms with Crippen LogP contribution in [0.1, 0.15) is 34.0 Å². The first-order chi connectivity index (χ1) is 16.9. The lowest BCUT2D eigenvalue weighted by molar-refractivity contribution is -0.115. The molecule has 3 heterocycles. The number of methoxy groups -OCH3 is 1. The second-order valence-electron chi connectivity index (χ2n) is 9.18. The number of anilines is 1. The van der Waals surface area contributed by atoms with Gasteiger partial charge in [0.15, 0.2) is 0 Å². The van der Waals surface area contributed by atoms with Gasteiger partial charge in [-0.15, -0.1) is 0 Å². The lowest BCUT2D eigenvalue weighted by atomic mass is 9.83. The minimum absolute atomic E-state index is 0.0312. The molecule has 2 aromatic carbocycles. The number of amides is 2. The average molecular weight is 476 g/mol. The number of ether oxygens (including phenoxy) is 1. The molecule has 2 aliphatic heterocycles. The first-order valence-electron chi connectivity index (χ1n) is 11.6. The van der Waals surface area contributed by atoms with Crippen molar-refractivity contribution in [3.8, 4) is 5.75 Å². The van der Waals surface area contributed by atoms with Crippen molar-refractivity contribution in [1.29, 1.82) is 0 Å². The summed E-state index contributed by atoms with van der Waals surface area (Å²) >= 11 is 0. The highest BCUT2D eigenvalue weighted by Gasteiger charge is 2.37. The number of hydrogen-bond acceptors (Lipinski definition) is 4. The number of fused-ring (bicyclic) bond motifs is 4. The maximum atomic E-state index is 13.2. The van der Waals surface area contributed by atoms with Crippen LogP contribution < -0.4 is 15.6 Å². The van der Waals surface area contributed by atoms with Crippen molar-refractivity contribution in [3.05, 3.63) is 93.7 Å². The quantitative estimate of drug-likeness (QED) is 0.613. The van der Waals surface area contributed by atoms with E-state index in [1.54, 1.807) is 34.8 Å². The number of nitrogens with zero attached hydrogens (tertiary/aromatic N) is 2. The zero-order chi connectivity index (χ0) is 24.5. The molecule has 0 radical (unpaired) electrons. The largest absolute Gasteiger partial charge is 0.497 e. The summed E-state index contributed by atoms with van der Waals surface area (Å²) in [6.45, 7) is 1.52. The van der Waals surface area contributed by atoms with E-state index in [1.807, 2.05) is 18.2 Å². The molecular formula is C27H26FN3O4. The third-order valence-electron chi connectivity index (χ3n) is 6.78. The number of pyridine rings is 1. The van der Waals surface area contributed by atoms with Crippen molar-refractivity contribution in [2.75, 3.05) is 25.5 Å². The Morgan fingerprint density at radius 1 is 1.00 bits per heavy atom.